The molecule has 3 aromatic heterocycles. The molecule has 0 aliphatic carbocycles. The van der Waals surface area contributed by atoms with Crippen molar-refractivity contribution in [3.8, 4) is 0 Å². The van der Waals surface area contributed by atoms with Crippen LogP contribution in [0.2, 0.25) is 0 Å². The first-order chi connectivity index (χ1) is 13.7. The fourth-order valence-electron chi connectivity index (χ4n) is 4.12. The summed E-state index contributed by atoms with van der Waals surface area (Å²) in [5.74, 6) is 1.71. The molecule has 0 N–H and O–H groups in total. The zero-order chi connectivity index (χ0) is 19.1. The highest BCUT2D eigenvalue weighted by Crippen LogP contribution is 2.40. The van der Waals surface area contributed by atoms with Gasteiger partial charge in [-0.2, -0.15) is 9.97 Å². The van der Waals surface area contributed by atoms with E-state index in [0.29, 0.717) is 19.3 Å². The Bertz CT molecular complexity index is 1010. The number of morpholine rings is 1. The zero-order valence-corrected chi connectivity index (χ0v) is 16.2. The normalized spacial score (nSPS) is 22.4. The maximum atomic E-state index is 5.59. The van der Waals surface area contributed by atoms with Crippen molar-refractivity contribution < 1.29 is 4.74 Å². The molecule has 7 nitrogen and oxygen atoms in total. The molecule has 0 saturated carbocycles. The largest absolute Gasteiger partial charge is 0.377 e. The summed E-state index contributed by atoms with van der Waals surface area (Å²) in [4.78, 5) is 23.4. The third-order valence-electron chi connectivity index (χ3n) is 5.76. The number of aromatic nitrogens is 4. The van der Waals surface area contributed by atoms with Crippen LogP contribution in [0, 0.1) is 6.92 Å². The molecular weight excluding hydrogens is 352 g/mol. The lowest BCUT2D eigenvalue weighted by molar-refractivity contribution is 0.0981. The number of aryl methyl sites for hydroxylation is 1. The number of pyridine rings is 2. The zero-order valence-electron chi connectivity index (χ0n) is 16.2. The number of fused-ring (bicyclic) bond motifs is 1. The van der Waals surface area contributed by atoms with Crippen LogP contribution in [0.25, 0.3) is 11.0 Å². The van der Waals surface area contributed by atoms with E-state index in [-0.39, 0.29) is 6.04 Å². The summed E-state index contributed by atoms with van der Waals surface area (Å²) in [5, 5.41) is 0.999. The summed E-state index contributed by atoms with van der Waals surface area (Å²) in [7, 11) is 0. The second kappa shape index (κ2) is 6.98. The third kappa shape index (κ3) is 2.86. The van der Waals surface area contributed by atoms with Gasteiger partial charge in [-0.15, -0.1) is 0 Å². The summed E-state index contributed by atoms with van der Waals surface area (Å²) in [6, 6.07) is 8.74. The molecule has 0 spiro atoms. The number of ether oxygens (including phenoxy) is 1. The van der Waals surface area contributed by atoms with Gasteiger partial charge < -0.3 is 14.5 Å². The molecule has 0 radical (unpaired) electrons. The molecule has 0 aromatic carbocycles. The number of hydrogen-bond acceptors (Lipinski definition) is 7. The first kappa shape index (κ1) is 17.3. The summed E-state index contributed by atoms with van der Waals surface area (Å²) >= 11 is 0. The monoisotopic (exact) mass is 376 g/mol. The van der Waals surface area contributed by atoms with E-state index in [4.69, 9.17) is 14.7 Å². The average molecular weight is 376 g/mol. The summed E-state index contributed by atoms with van der Waals surface area (Å²) in [6.45, 7) is 7.38. The smallest absolute Gasteiger partial charge is 0.229 e. The van der Waals surface area contributed by atoms with Crippen molar-refractivity contribution in [2.45, 2.75) is 32.4 Å². The van der Waals surface area contributed by atoms with E-state index in [2.05, 4.69) is 45.7 Å². The first-order valence-corrected chi connectivity index (χ1v) is 9.87. The van der Waals surface area contributed by atoms with Crippen molar-refractivity contribution in [1.82, 2.24) is 19.9 Å². The molecular formula is C21H24N6O. The van der Waals surface area contributed by atoms with Crippen molar-refractivity contribution in [3.63, 3.8) is 0 Å². The number of rotatable bonds is 3. The lowest BCUT2D eigenvalue weighted by Gasteiger charge is -2.43. The van der Waals surface area contributed by atoms with Gasteiger partial charge in [0, 0.05) is 31.2 Å². The predicted molar refractivity (Wildman–Crippen MR) is 109 cm³/mol. The molecule has 7 heteroatoms. The van der Waals surface area contributed by atoms with Crippen molar-refractivity contribution in [1.29, 1.82) is 0 Å². The van der Waals surface area contributed by atoms with Crippen LogP contribution in [0.15, 0.2) is 36.7 Å². The third-order valence-corrected chi connectivity index (χ3v) is 5.76. The van der Waals surface area contributed by atoms with Gasteiger partial charge in [-0.3, -0.25) is 4.98 Å². The minimum Gasteiger partial charge on any atom is -0.377 e. The van der Waals surface area contributed by atoms with Crippen molar-refractivity contribution in [2.24, 2.45) is 0 Å². The number of nitrogens with zero attached hydrogens (tertiary/aromatic N) is 6. The van der Waals surface area contributed by atoms with Gasteiger partial charge in [-0.05, 0) is 44.0 Å². The lowest BCUT2D eigenvalue weighted by atomic mass is 9.93. The minimum absolute atomic E-state index is 0.246. The molecule has 5 heterocycles. The molecule has 28 heavy (non-hydrogen) atoms. The fourth-order valence-corrected chi connectivity index (χ4v) is 4.12. The Morgan fingerprint density at radius 2 is 1.89 bits per heavy atom. The van der Waals surface area contributed by atoms with Gasteiger partial charge in [0.2, 0.25) is 5.95 Å². The first-order valence-electron chi connectivity index (χ1n) is 9.87. The van der Waals surface area contributed by atoms with Gasteiger partial charge in [0.05, 0.1) is 30.7 Å². The molecule has 2 atom stereocenters. The maximum absolute atomic E-state index is 5.59. The van der Waals surface area contributed by atoms with E-state index in [1.54, 1.807) is 6.20 Å². The van der Waals surface area contributed by atoms with E-state index in [1.165, 1.54) is 5.56 Å². The second-order valence-corrected chi connectivity index (χ2v) is 7.52. The highest BCUT2D eigenvalue weighted by atomic mass is 16.5. The fraction of sp³-hybridized carbons (Fsp3) is 0.429. The SMILES string of the molecule is Cc1ncccc1C1CCN1c1nc(N2CCOCC2C)nc2ncccc12. The molecule has 0 bridgehead atoms. The van der Waals surface area contributed by atoms with Crippen molar-refractivity contribution in [3.05, 3.63) is 47.9 Å². The van der Waals surface area contributed by atoms with Crippen molar-refractivity contribution in [2.75, 3.05) is 36.1 Å². The molecule has 2 fully saturated rings. The molecule has 3 aromatic rings. The Morgan fingerprint density at radius 1 is 1.04 bits per heavy atom. The van der Waals surface area contributed by atoms with Gasteiger partial charge in [0.15, 0.2) is 5.65 Å². The Kier molecular flexibility index (Phi) is 4.31. The molecule has 2 saturated heterocycles. The number of hydrogen-bond donors (Lipinski definition) is 0. The highest BCUT2D eigenvalue weighted by molar-refractivity contribution is 5.88. The molecule has 2 aliphatic rings. The van der Waals surface area contributed by atoms with Gasteiger partial charge in [0.1, 0.15) is 5.82 Å². The van der Waals surface area contributed by atoms with Gasteiger partial charge >= 0.3 is 0 Å². The van der Waals surface area contributed by atoms with E-state index < -0.39 is 0 Å². The topological polar surface area (TPSA) is 67.3 Å². The van der Waals surface area contributed by atoms with Crippen LogP contribution in [0.4, 0.5) is 11.8 Å². The van der Waals surface area contributed by atoms with Crippen LogP contribution in [0.5, 0.6) is 0 Å². The molecule has 2 unspecified atom stereocenters. The summed E-state index contributed by atoms with van der Waals surface area (Å²) in [5.41, 5.74) is 3.09. The Balaban J connectivity index is 1.59. The number of anilines is 2. The average Bonchev–Trinajstić information content (AvgIpc) is 2.69. The van der Waals surface area contributed by atoms with Crippen LogP contribution in [-0.2, 0) is 4.74 Å². The van der Waals surface area contributed by atoms with Crippen LogP contribution in [0.1, 0.15) is 30.6 Å². The molecule has 2 aliphatic heterocycles. The van der Waals surface area contributed by atoms with E-state index in [0.717, 1.165) is 48.0 Å². The lowest BCUT2D eigenvalue weighted by Crippen LogP contribution is -2.45. The Labute approximate surface area is 164 Å². The van der Waals surface area contributed by atoms with Crippen LogP contribution in [-0.4, -0.2) is 52.3 Å². The maximum Gasteiger partial charge on any atom is 0.229 e. The molecule has 0 amide bonds. The molecule has 5 rings (SSSR count). The van der Waals surface area contributed by atoms with E-state index in [9.17, 15) is 0 Å². The van der Waals surface area contributed by atoms with Gasteiger partial charge in [-0.1, -0.05) is 6.07 Å². The minimum atomic E-state index is 0.246. The Morgan fingerprint density at radius 3 is 2.68 bits per heavy atom. The van der Waals surface area contributed by atoms with E-state index >= 15 is 0 Å². The van der Waals surface area contributed by atoms with E-state index in [1.807, 2.05) is 18.3 Å². The second-order valence-electron chi connectivity index (χ2n) is 7.52. The quantitative estimate of drug-likeness (QED) is 0.696. The highest BCUT2D eigenvalue weighted by Gasteiger charge is 2.34. The standard InChI is InChI=1S/C21H24N6O/c1-14-13-28-12-11-26(14)21-24-19-17(6-4-9-23-19)20(25-21)27-10-7-18(27)16-5-3-8-22-15(16)2/h3-6,8-9,14,18H,7,10-13H2,1-2H3. The van der Waals surface area contributed by atoms with Gasteiger partial charge in [-0.25, -0.2) is 4.98 Å². The van der Waals surface area contributed by atoms with Crippen LogP contribution < -0.4 is 9.80 Å². The molecule has 144 valence electrons. The van der Waals surface area contributed by atoms with Crippen LogP contribution >= 0.6 is 0 Å². The van der Waals surface area contributed by atoms with Gasteiger partial charge in [0.25, 0.3) is 0 Å². The van der Waals surface area contributed by atoms with Crippen LogP contribution in [0.3, 0.4) is 0 Å². The predicted octanol–water partition coefficient (Wildman–Crippen LogP) is 2.90. The Hall–Kier alpha value is -2.80. The summed E-state index contributed by atoms with van der Waals surface area (Å²) < 4.78 is 5.59. The summed E-state index contributed by atoms with van der Waals surface area (Å²) in [6.07, 6.45) is 4.75. The van der Waals surface area contributed by atoms with Crippen molar-refractivity contribution >= 4 is 22.8 Å².